The maximum atomic E-state index is 13.1. The Morgan fingerprint density at radius 2 is 1.83 bits per heavy atom. The first kappa shape index (κ1) is 20.9. The lowest BCUT2D eigenvalue weighted by Crippen LogP contribution is -2.23. The Morgan fingerprint density at radius 1 is 1.17 bits per heavy atom. The van der Waals surface area contributed by atoms with Gasteiger partial charge in [0.05, 0.1) is 17.2 Å². The number of carboxylic acids is 1. The first-order valence-corrected chi connectivity index (χ1v) is 8.76. The Kier molecular flexibility index (Phi) is 5.47. The van der Waals surface area contributed by atoms with Gasteiger partial charge in [0.15, 0.2) is 0 Å². The van der Waals surface area contributed by atoms with Crippen molar-refractivity contribution in [2.45, 2.75) is 19.6 Å². The van der Waals surface area contributed by atoms with E-state index in [1.165, 1.54) is 22.9 Å². The number of nitrogens with zero attached hydrogens (tertiary/aromatic N) is 2. The molecule has 0 saturated carbocycles. The molecule has 8 heteroatoms. The highest BCUT2D eigenvalue weighted by Gasteiger charge is 2.31. The quantitative estimate of drug-likeness (QED) is 0.686. The molecular weight excluding hydrogens is 397 g/mol. The summed E-state index contributed by atoms with van der Waals surface area (Å²) in [5.74, 6) is -1.47. The highest BCUT2D eigenvalue weighted by atomic mass is 19.4. The molecule has 0 aliphatic heterocycles. The first-order valence-electron chi connectivity index (χ1n) is 8.76. The Hall–Kier alpha value is -3.86. The number of alkyl halides is 3. The molecule has 1 heterocycles. The summed E-state index contributed by atoms with van der Waals surface area (Å²) in [7, 11) is 0. The van der Waals surface area contributed by atoms with Crippen LogP contribution in [0.3, 0.4) is 0 Å². The van der Waals surface area contributed by atoms with E-state index in [-0.39, 0.29) is 17.7 Å². The van der Waals surface area contributed by atoms with Crippen LogP contribution in [0.1, 0.15) is 32.7 Å². The van der Waals surface area contributed by atoms with Gasteiger partial charge in [0, 0.05) is 24.0 Å². The minimum atomic E-state index is -4.60. The molecule has 0 fully saturated rings. The number of benzene rings is 2. The summed E-state index contributed by atoms with van der Waals surface area (Å²) in [4.78, 5) is 24.4. The Balaban J connectivity index is 2.19. The standard InChI is InChI=1S/C22H15F3N2O3/c1-13-19(16-3-2-4-17(9-16)22(23,24)25)20(28)18(21(29)30)12-27(13)11-15-7-5-14(10-26)6-8-15/h2-9,12H,11H2,1H3,(H,29,30). The number of hydrogen-bond acceptors (Lipinski definition) is 3. The zero-order valence-corrected chi connectivity index (χ0v) is 15.7. The van der Waals surface area contributed by atoms with Crippen molar-refractivity contribution in [3.8, 4) is 17.2 Å². The fraction of sp³-hybridized carbons (Fsp3) is 0.136. The van der Waals surface area contributed by atoms with Gasteiger partial charge in [-0.2, -0.15) is 18.4 Å². The first-order chi connectivity index (χ1) is 14.1. The van der Waals surface area contributed by atoms with Crippen molar-refractivity contribution in [2.24, 2.45) is 0 Å². The van der Waals surface area contributed by atoms with E-state index in [0.29, 0.717) is 11.3 Å². The second-order valence-corrected chi connectivity index (χ2v) is 6.65. The van der Waals surface area contributed by atoms with Crippen molar-refractivity contribution in [2.75, 3.05) is 0 Å². The minimum Gasteiger partial charge on any atom is -0.477 e. The van der Waals surface area contributed by atoms with Crippen LogP contribution in [-0.2, 0) is 12.7 Å². The largest absolute Gasteiger partial charge is 0.477 e. The lowest BCUT2D eigenvalue weighted by molar-refractivity contribution is -0.137. The number of halogens is 3. The lowest BCUT2D eigenvalue weighted by atomic mass is 9.99. The molecule has 3 aromatic rings. The zero-order valence-electron chi connectivity index (χ0n) is 15.7. The number of rotatable bonds is 4. The summed E-state index contributed by atoms with van der Waals surface area (Å²) >= 11 is 0. The molecule has 0 radical (unpaired) electrons. The number of pyridine rings is 1. The third kappa shape index (κ3) is 4.10. The predicted molar refractivity (Wildman–Crippen MR) is 103 cm³/mol. The third-order valence-corrected chi connectivity index (χ3v) is 4.69. The van der Waals surface area contributed by atoms with E-state index in [9.17, 15) is 27.9 Å². The van der Waals surface area contributed by atoms with E-state index in [0.717, 1.165) is 17.7 Å². The van der Waals surface area contributed by atoms with E-state index in [4.69, 9.17) is 5.26 Å². The average molecular weight is 412 g/mol. The van der Waals surface area contributed by atoms with Crippen molar-refractivity contribution in [1.29, 1.82) is 5.26 Å². The second-order valence-electron chi connectivity index (χ2n) is 6.65. The zero-order chi connectivity index (χ0) is 22.1. The molecule has 0 aliphatic rings. The van der Waals surface area contributed by atoms with Crippen LogP contribution < -0.4 is 5.43 Å². The van der Waals surface area contributed by atoms with Gasteiger partial charge in [-0.25, -0.2) is 4.79 Å². The Labute approximate surface area is 169 Å². The molecular formula is C22H15F3N2O3. The van der Waals surface area contributed by atoms with Crippen LogP contribution in [0.4, 0.5) is 13.2 Å². The summed E-state index contributed by atoms with van der Waals surface area (Å²) < 4.78 is 40.9. The van der Waals surface area contributed by atoms with Gasteiger partial charge >= 0.3 is 12.1 Å². The van der Waals surface area contributed by atoms with E-state index in [1.54, 1.807) is 31.2 Å². The number of carboxylic acid groups (broad SMARTS) is 1. The Bertz CT molecular complexity index is 1220. The van der Waals surface area contributed by atoms with Gasteiger partial charge in [-0.1, -0.05) is 24.3 Å². The number of nitriles is 1. The average Bonchev–Trinajstić information content (AvgIpc) is 2.70. The van der Waals surface area contributed by atoms with E-state index < -0.39 is 28.7 Å². The molecule has 0 spiro atoms. The minimum absolute atomic E-state index is 0.0102. The molecule has 0 saturated heterocycles. The van der Waals surface area contributed by atoms with Crippen LogP contribution in [0.15, 0.2) is 59.5 Å². The van der Waals surface area contributed by atoms with Crippen LogP contribution in [0.5, 0.6) is 0 Å². The van der Waals surface area contributed by atoms with E-state index in [2.05, 4.69) is 0 Å². The van der Waals surface area contributed by atoms with Crippen LogP contribution in [0, 0.1) is 18.3 Å². The molecule has 5 nitrogen and oxygen atoms in total. The van der Waals surface area contributed by atoms with Crippen LogP contribution >= 0.6 is 0 Å². The SMILES string of the molecule is Cc1c(-c2cccc(C(F)(F)F)c2)c(=O)c(C(=O)O)cn1Cc1ccc(C#N)cc1. The molecule has 152 valence electrons. The summed E-state index contributed by atoms with van der Waals surface area (Å²) in [6, 6.07) is 12.8. The van der Waals surface area contributed by atoms with Gasteiger partial charge < -0.3 is 9.67 Å². The molecule has 1 aromatic heterocycles. The van der Waals surface area contributed by atoms with E-state index >= 15 is 0 Å². The van der Waals surface area contributed by atoms with Gasteiger partial charge in [0.2, 0.25) is 5.43 Å². The summed E-state index contributed by atoms with van der Waals surface area (Å²) in [6.45, 7) is 1.72. The summed E-state index contributed by atoms with van der Waals surface area (Å²) in [5.41, 5.74) is -0.930. The third-order valence-electron chi connectivity index (χ3n) is 4.69. The van der Waals surface area contributed by atoms with Gasteiger partial charge in [0.25, 0.3) is 0 Å². The number of carbonyl (C=O) groups is 1. The number of aromatic nitrogens is 1. The van der Waals surface area contributed by atoms with E-state index in [1.807, 2.05) is 6.07 Å². The smallest absolute Gasteiger partial charge is 0.416 e. The molecule has 30 heavy (non-hydrogen) atoms. The molecule has 0 unspecified atom stereocenters. The number of hydrogen-bond donors (Lipinski definition) is 1. The molecule has 0 bridgehead atoms. The second kappa shape index (κ2) is 7.87. The fourth-order valence-corrected chi connectivity index (χ4v) is 3.14. The van der Waals surface area contributed by atoms with Crippen LogP contribution in [0.2, 0.25) is 0 Å². The van der Waals surface area contributed by atoms with Crippen LogP contribution in [0.25, 0.3) is 11.1 Å². The predicted octanol–water partition coefficient (Wildman–Crippen LogP) is 4.46. The molecule has 2 aromatic carbocycles. The summed E-state index contributed by atoms with van der Waals surface area (Å²) in [5, 5.41) is 18.3. The molecule has 3 rings (SSSR count). The highest BCUT2D eigenvalue weighted by Crippen LogP contribution is 2.32. The number of aromatic carboxylic acids is 1. The van der Waals surface area contributed by atoms with Crippen molar-refractivity contribution >= 4 is 5.97 Å². The van der Waals surface area contributed by atoms with Gasteiger partial charge in [-0.15, -0.1) is 0 Å². The molecule has 1 N–H and O–H groups in total. The van der Waals surface area contributed by atoms with Crippen molar-refractivity contribution in [1.82, 2.24) is 4.57 Å². The van der Waals surface area contributed by atoms with Crippen molar-refractivity contribution < 1.29 is 23.1 Å². The van der Waals surface area contributed by atoms with Crippen molar-refractivity contribution in [3.63, 3.8) is 0 Å². The fourth-order valence-electron chi connectivity index (χ4n) is 3.14. The molecule has 0 amide bonds. The Morgan fingerprint density at radius 3 is 2.40 bits per heavy atom. The maximum Gasteiger partial charge on any atom is 0.416 e. The molecule has 0 atom stereocenters. The maximum absolute atomic E-state index is 13.1. The molecule has 0 aliphatic carbocycles. The van der Waals surface area contributed by atoms with Crippen LogP contribution in [-0.4, -0.2) is 15.6 Å². The lowest BCUT2D eigenvalue weighted by Gasteiger charge is -2.17. The van der Waals surface area contributed by atoms with Crippen molar-refractivity contribution in [3.05, 3.63) is 92.9 Å². The van der Waals surface area contributed by atoms with Gasteiger partial charge in [-0.05, 0) is 42.3 Å². The summed E-state index contributed by atoms with van der Waals surface area (Å²) in [6.07, 6.45) is -3.43. The monoisotopic (exact) mass is 412 g/mol. The normalized spacial score (nSPS) is 11.2. The highest BCUT2D eigenvalue weighted by molar-refractivity contribution is 5.89. The van der Waals surface area contributed by atoms with Gasteiger partial charge in [-0.3, -0.25) is 4.79 Å². The van der Waals surface area contributed by atoms with Gasteiger partial charge in [0.1, 0.15) is 5.56 Å². The topological polar surface area (TPSA) is 83.1 Å².